The fraction of sp³-hybridized carbons (Fsp3) is 0.143. The summed E-state index contributed by atoms with van der Waals surface area (Å²) in [6.45, 7) is 0. The third-order valence-corrected chi connectivity index (χ3v) is 3.54. The van der Waals surface area contributed by atoms with E-state index in [-0.39, 0.29) is 0 Å². The SMILES string of the molecule is COc1cc(N)cc(OC)c1-n1nnc2c3c(ccc21)N=N3. The normalized spacial score (nSPS) is 12.1. The molecule has 0 unspecified atom stereocenters. The summed E-state index contributed by atoms with van der Waals surface area (Å²) in [5.41, 5.74) is 10.1. The number of anilines is 1. The summed E-state index contributed by atoms with van der Waals surface area (Å²) >= 11 is 0. The van der Waals surface area contributed by atoms with Crippen molar-refractivity contribution in [3.8, 4) is 17.2 Å². The van der Waals surface area contributed by atoms with E-state index < -0.39 is 0 Å². The van der Waals surface area contributed by atoms with Gasteiger partial charge in [-0.3, -0.25) is 0 Å². The Morgan fingerprint density at radius 1 is 1.05 bits per heavy atom. The number of nitrogen functional groups attached to an aromatic ring is 1. The predicted octanol–water partition coefficient (Wildman–Crippen LogP) is 2.75. The Hall–Kier alpha value is -3.16. The van der Waals surface area contributed by atoms with Crippen molar-refractivity contribution in [3.63, 3.8) is 0 Å². The van der Waals surface area contributed by atoms with Crippen molar-refractivity contribution in [2.75, 3.05) is 20.0 Å². The van der Waals surface area contributed by atoms with Crippen molar-refractivity contribution < 1.29 is 9.47 Å². The molecule has 2 N–H and O–H groups in total. The maximum Gasteiger partial charge on any atom is 0.151 e. The lowest BCUT2D eigenvalue weighted by molar-refractivity contribution is 0.390. The zero-order chi connectivity index (χ0) is 15.3. The molecule has 22 heavy (non-hydrogen) atoms. The van der Waals surface area contributed by atoms with Crippen LogP contribution in [0.5, 0.6) is 11.5 Å². The number of hydrogen-bond acceptors (Lipinski definition) is 7. The van der Waals surface area contributed by atoms with Crippen LogP contribution in [0.25, 0.3) is 16.7 Å². The van der Waals surface area contributed by atoms with Gasteiger partial charge >= 0.3 is 0 Å². The number of rotatable bonds is 3. The molecule has 1 aliphatic rings. The van der Waals surface area contributed by atoms with Crippen molar-refractivity contribution in [2.24, 2.45) is 10.2 Å². The minimum Gasteiger partial charge on any atom is -0.494 e. The van der Waals surface area contributed by atoms with E-state index in [1.807, 2.05) is 12.1 Å². The van der Waals surface area contributed by atoms with E-state index >= 15 is 0 Å². The van der Waals surface area contributed by atoms with Crippen LogP contribution in [0.2, 0.25) is 0 Å². The molecule has 4 rings (SSSR count). The number of ether oxygens (including phenoxy) is 2. The summed E-state index contributed by atoms with van der Waals surface area (Å²) in [5, 5.41) is 16.3. The Morgan fingerprint density at radius 2 is 1.77 bits per heavy atom. The molecule has 8 nitrogen and oxygen atoms in total. The van der Waals surface area contributed by atoms with Crippen LogP contribution in [-0.2, 0) is 0 Å². The number of nitrogens with two attached hydrogens (primary N) is 1. The minimum absolute atomic E-state index is 0.541. The van der Waals surface area contributed by atoms with Crippen LogP contribution in [0.4, 0.5) is 17.1 Å². The number of azo groups is 1. The zero-order valence-electron chi connectivity index (χ0n) is 11.9. The fourth-order valence-corrected chi connectivity index (χ4v) is 2.49. The van der Waals surface area contributed by atoms with Crippen LogP contribution in [0.1, 0.15) is 0 Å². The van der Waals surface area contributed by atoms with Gasteiger partial charge in [-0.15, -0.1) is 15.3 Å². The number of benzene rings is 2. The molecular weight excluding hydrogens is 284 g/mol. The van der Waals surface area contributed by atoms with Gasteiger partial charge in [0.05, 0.1) is 19.7 Å². The van der Waals surface area contributed by atoms with Gasteiger partial charge in [0, 0.05) is 17.8 Å². The highest BCUT2D eigenvalue weighted by Gasteiger charge is 2.22. The first kappa shape index (κ1) is 12.6. The predicted molar refractivity (Wildman–Crippen MR) is 80.6 cm³/mol. The Bertz CT molecular complexity index is 905. The Labute approximate surface area is 125 Å². The van der Waals surface area contributed by atoms with E-state index in [0.717, 1.165) is 16.9 Å². The molecule has 2 heterocycles. The quantitative estimate of drug-likeness (QED) is 0.586. The Kier molecular flexibility index (Phi) is 2.52. The number of aromatic nitrogens is 3. The smallest absolute Gasteiger partial charge is 0.151 e. The molecule has 0 saturated carbocycles. The summed E-state index contributed by atoms with van der Waals surface area (Å²) in [5.74, 6) is 1.10. The van der Waals surface area contributed by atoms with Crippen molar-refractivity contribution in [1.82, 2.24) is 15.0 Å². The summed E-state index contributed by atoms with van der Waals surface area (Å²) in [4.78, 5) is 0. The van der Waals surface area contributed by atoms with E-state index in [0.29, 0.717) is 28.4 Å². The molecule has 0 radical (unpaired) electrons. The molecule has 0 atom stereocenters. The van der Waals surface area contributed by atoms with E-state index in [9.17, 15) is 0 Å². The van der Waals surface area contributed by atoms with Gasteiger partial charge in [-0.2, -0.15) is 0 Å². The fourth-order valence-electron chi connectivity index (χ4n) is 2.49. The van der Waals surface area contributed by atoms with Crippen LogP contribution < -0.4 is 15.2 Å². The Morgan fingerprint density at radius 3 is 2.36 bits per heavy atom. The van der Waals surface area contributed by atoms with Crippen LogP contribution in [0, 0.1) is 0 Å². The topological polar surface area (TPSA) is 99.9 Å². The second-order valence-corrected chi connectivity index (χ2v) is 4.78. The summed E-state index contributed by atoms with van der Waals surface area (Å²) in [6, 6.07) is 7.20. The lowest BCUT2D eigenvalue weighted by Gasteiger charge is -2.14. The first-order valence-electron chi connectivity index (χ1n) is 6.55. The number of nitrogens with zero attached hydrogens (tertiary/aromatic N) is 5. The lowest BCUT2D eigenvalue weighted by atomic mass is 10.2. The van der Waals surface area contributed by atoms with E-state index in [1.54, 1.807) is 31.0 Å². The molecule has 8 heteroatoms. The van der Waals surface area contributed by atoms with Gasteiger partial charge in [0.15, 0.2) is 5.69 Å². The summed E-state index contributed by atoms with van der Waals surface area (Å²) < 4.78 is 12.5. The average Bonchev–Trinajstić information content (AvgIpc) is 2.89. The first-order chi connectivity index (χ1) is 10.7. The highest BCUT2D eigenvalue weighted by atomic mass is 16.5. The van der Waals surface area contributed by atoms with Crippen LogP contribution in [0.3, 0.4) is 0 Å². The maximum atomic E-state index is 5.87. The van der Waals surface area contributed by atoms with Crippen LogP contribution in [-0.4, -0.2) is 29.2 Å². The molecule has 0 spiro atoms. The van der Waals surface area contributed by atoms with E-state index in [1.165, 1.54) is 0 Å². The Balaban J connectivity index is 2.02. The highest BCUT2D eigenvalue weighted by Crippen LogP contribution is 2.44. The molecule has 0 aliphatic carbocycles. The molecule has 1 aliphatic heterocycles. The molecule has 0 bridgehead atoms. The number of fused-ring (bicyclic) bond motifs is 3. The summed E-state index contributed by atoms with van der Waals surface area (Å²) in [7, 11) is 3.13. The summed E-state index contributed by atoms with van der Waals surface area (Å²) in [6.07, 6.45) is 0. The van der Waals surface area contributed by atoms with Crippen molar-refractivity contribution in [3.05, 3.63) is 24.3 Å². The minimum atomic E-state index is 0.541. The van der Waals surface area contributed by atoms with Gasteiger partial charge in [0.2, 0.25) is 0 Å². The first-order valence-corrected chi connectivity index (χ1v) is 6.55. The van der Waals surface area contributed by atoms with Gasteiger partial charge in [0.1, 0.15) is 28.4 Å². The van der Waals surface area contributed by atoms with Gasteiger partial charge < -0.3 is 15.2 Å². The molecule has 1 aromatic heterocycles. The van der Waals surface area contributed by atoms with E-state index in [4.69, 9.17) is 15.2 Å². The largest absolute Gasteiger partial charge is 0.494 e. The second kappa shape index (κ2) is 4.42. The molecule has 0 fully saturated rings. The molecule has 110 valence electrons. The monoisotopic (exact) mass is 296 g/mol. The van der Waals surface area contributed by atoms with Crippen molar-refractivity contribution >= 4 is 28.1 Å². The number of hydrogen-bond donors (Lipinski definition) is 1. The van der Waals surface area contributed by atoms with Gasteiger partial charge in [0.25, 0.3) is 0 Å². The highest BCUT2D eigenvalue weighted by molar-refractivity contribution is 5.95. The van der Waals surface area contributed by atoms with Crippen molar-refractivity contribution in [2.45, 2.75) is 0 Å². The van der Waals surface area contributed by atoms with Gasteiger partial charge in [-0.1, -0.05) is 5.21 Å². The van der Waals surface area contributed by atoms with Crippen LogP contribution >= 0.6 is 0 Å². The van der Waals surface area contributed by atoms with Crippen LogP contribution in [0.15, 0.2) is 34.5 Å². The molecule has 2 aromatic carbocycles. The second-order valence-electron chi connectivity index (χ2n) is 4.78. The molecular formula is C14H12N6O2. The molecule has 3 aromatic rings. The number of methoxy groups -OCH3 is 2. The third kappa shape index (κ3) is 1.57. The van der Waals surface area contributed by atoms with E-state index in [2.05, 4.69) is 20.5 Å². The lowest BCUT2D eigenvalue weighted by Crippen LogP contribution is -2.04. The van der Waals surface area contributed by atoms with Gasteiger partial charge in [-0.25, -0.2) is 4.68 Å². The maximum absolute atomic E-state index is 5.87. The molecule has 0 saturated heterocycles. The molecule has 0 amide bonds. The van der Waals surface area contributed by atoms with Crippen molar-refractivity contribution in [1.29, 1.82) is 0 Å². The third-order valence-electron chi connectivity index (χ3n) is 3.54. The zero-order valence-corrected chi connectivity index (χ0v) is 11.9. The van der Waals surface area contributed by atoms with Gasteiger partial charge in [-0.05, 0) is 12.1 Å². The standard InChI is InChI=1S/C14H12N6O2/c1-21-10-5-7(15)6-11(22-2)14(10)20-9-4-3-8-12(17-16-8)13(9)18-19-20/h3-6H,15H2,1-2H3. The average molecular weight is 296 g/mol.